The SMILES string of the molecule is C[C@]12Cc3ccccc3C[C@@]1(c1cccc(OS(=O)(=O)C(F)(F)F)c1)CCN(CCc1ccccc1)C2. The molecule has 1 aliphatic heterocycles. The first-order valence-electron chi connectivity index (χ1n) is 12.5. The van der Waals surface area contributed by atoms with Crippen LogP contribution in [0.25, 0.3) is 0 Å². The van der Waals surface area contributed by atoms with Crippen molar-refractivity contribution in [2.24, 2.45) is 5.41 Å². The van der Waals surface area contributed by atoms with E-state index in [9.17, 15) is 21.6 Å². The Morgan fingerprint density at radius 2 is 1.59 bits per heavy atom. The number of nitrogens with zero attached hydrogens (tertiary/aromatic N) is 1. The molecule has 0 unspecified atom stereocenters. The van der Waals surface area contributed by atoms with E-state index < -0.39 is 15.6 Å². The zero-order chi connectivity index (χ0) is 26.3. The standard InChI is InChI=1S/C29H30F3NO3S/c1-27-19-23-10-5-6-11-24(23)20-28(27,15-17-33(21-27)16-14-22-8-3-2-4-9-22)25-12-7-13-26(18-25)36-37(34,35)29(30,31)32/h2-13,18H,14-17,19-21H2,1H3/t27-,28-/m1/s1. The summed E-state index contributed by atoms with van der Waals surface area (Å²) in [6, 6.07) is 25.0. The van der Waals surface area contributed by atoms with Gasteiger partial charge in [-0.15, -0.1) is 0 Å². The lowest BCUT2D eigenvalue weighted by Crippen LogP contribution is -2.60. The van der Waals surface area contributed by atoms with E-state index in [1.165, 1.54) is 28.8 Å². The van der Waals surface area contributed by atoms with Gasteiger partial charge in [-0.05, 0) is 72.0 Å². The second kappa shape index (κ2) is 9.48. The van der Waals surface area contributed by atoms with Gasteiger partial charge >= 0.3 is 15.6 Å². The molecule has 3 aromatic carbocycles. The minimum Gasteiger partial charge on any atom is -0.376 e. The van der Waals surface area contributed by atoms with Crippen LogP contribution in [0.3, 0.4) is 0 Å². The van der Waals surface area contributed by atoms with Crippen molar-refractivity contribution >= 4 is 10.1 Å². The van der Waals surface area contributed by atoms with Gasteiger partial charge in [-0.3, -0.25) is 0 Å². The molecule has 0 spiro atoms. The van der Waals surface area contributed by atoms with Crippen molar-refractivity contribution in [2.75, 3.05) is 19.6 Å². The van der Waals surface area contributed by atoms with Crippen molar-refractivity contribution in [3.63, 3.8) is 0 Å². The van der Waals surface area contributed by atoms with E-state index in [-0.39, 0.29) is 16.6 Å². The van der Waals surface area contributed by atoms with Crippen LogP contribution >= 0.6 is 0 Å². The molecule has 1 aliphatic carbocycles. The van der Waals surface area contributed by atoms with Crippen molar-refractivity contribution < 1.29 is 25.8 Å². The zero-order valence-corrected chi connectivity index (χ0v) is 21.5. The lowest BCUT2D eigenvalue weighted by molar-refractivity contribution is -0.0500. The molecule has 0 aromatic heterocycles. The summed E-state index contributed by atoms with van der Waals surface area (Å²) in [6.45, 7) is 4.86. The van der Waals surface area contributed by atoms with E-state index >= 15 is 0 Å². The van der Waals surface area contributed by atoms with Crippen LogP contribution in [-0.2, 0) is 34.8 Å². The molecule has 0 amide bonds. The number of piperidine rings is 1. The Kier molecular flexibility index (Phi) is 6.61. The second-order valence-electron chi connectivity index (χ2n) is 10.5. The minimum atomic E-state index is -5.74. The van der Waals surface area contributed by atoms with Gasteiger partial charge < -0.3 is 9.08 Å². The topological polar surface area (TPSA) is 46.6 Å². The van der Waals surface area contributed by atoms with Crippen LogP contribution in [-0.4, -0.2) is 38.5 Å². The van der Waals surface area contributed by atoms with Gasteiger partial charge in [0.05, 0.1) is 0 Å². The van der Waals surface area contributed by atoms with Crippen LogP contribution < -0.4 is 4.18 Å². The third-order valence-electron chi connectivity index (χ3n) is 8.21. The molecule has 37 heavy (non-hydrogen) atoms. The van der Waals surface area contributed by atoms with Gasteiger partial charge in [-0.2, -0.15) is 21.6 Å². The molecule has 1 heterocycles. The molecule has 4 nitrogen and oxygen atoms in total. The summed E-state index contributed by atoms with van der Waals surface area (Å²) < 4.78 is 66.9. The number of hydrogen-bond donors (Lipinski definition) is 0. The first-order valence-corrected chi connectivity index (χ1v) is 13.9. The predicted octanol–water partition coefficient (Wildman–Crippen LogP) is 5.91. The highest BCUT2D eigenvalue weighted by Crippen LogP contribution is 2.55. The minimum absolute atomic E-state index is 0.210. The summed E-state index contributed by atoms with van der Waals surface area (Å²) in [7, 11) is -5.74. The quantitative estimate of drug-likeness (QED) is 0.294. The molecule has 1 saturated heterocycles. The third kappa shape index (κ3) is 4.89. The van der Waals surface area contributed by atoms with E-state index in [0.717, 1.165) is 50.9 Å². The summed E-state index contributed by atoms with van der Waals surface area (Å²) in [6.07, 6.45) is 3.32. The Balaban J connectivity index is 1.48. The van der Waals surface area contributed by atoms with Crippen LogP contribution in [0.1, 0.15) is 35.6 Å². The first kappa shape index (κ1) is 25.8. The Labute approximate surface area is 216 Å². The van der Waals surface area contributed by atoms with Gasteiger partial charge in [0.15, 0.2) is 0 Å². The molecule has 0 bridgehead atoms. The van der Waals surface area contributed by atoms with E-state index in [1.807, 2.05) is 36.4 Å². The maximum absolute atomic E-state index is 13.0. The molecule has 5 rings (SSSR count). The van der Waals surface area contributed by atoms with Crippen molar-refractivity contribution in [1.29, 1.82) is 0 Å². The second-order valence-corrected chi connectivity index (χ2v) is 12.1. The van der Waals surface area contributed by atoms with Crippen LogP contribution in [0.15, 0.2) is 78.9 Å². The third-order valence-corrected chi connectivity index (χ3v) is 9.19. The van der Waals surface area contributed by atoms with E-state index in [4.69, 9.17) is 0 Å². The number of benzene rings is 3. The van der Waals surface area contributed by atoms with Gasteiger partial charge in [-0.25, -0.2) is 0 Å². The van der Waals surface area contributed by atoms with Crippen LogP contribution in [0.4, 0.5) is 13.2 Å². The maximum Gasteiger partial charge on any atom is 0.534 e. The Morgan fingerprint density at radius 3 is 2.30 bits per heavy atom. The van der Waals surface area contributed by atoms with E-state index in [0.29, 0.717) is 0 Å². The van der Waals surface area contributed by atoms with Gasteiger partial charge in [-0.1, -0.05) is 73.7 Å². The first-order chi connectivity index (χ1) is 17.5. The molecule has 3 aromatic rings. The van der Waals surface area contributed by atoms with Crippen LogP contribution in [0, 0.1) is 5.41 Å². The highest BCUT2D eigenvalue weighted by atomic mass is 32.2. The smallest absolute Gasteiger partial charge is 0.376 e. The van der Waals surface area contributed by atoms with Gasteiger partial charge in [0, 0.05) is 18.5 Å². The summed E-state index contributed by atoms with van der Waals surface area (Å²) >= 11 is 0. The van der Waals surface area contributed by atoms with Crippen molar-refractivity contribution in [3.8, 4) is 5.75 Å². The highest BCUT2D eigenvalue weighted by Gasteiger charge is 2.55. The van der Waals surface area contributed by atoms with Crippen molar-refractivity contribution in [3.05, 3.63) is 101 Å². The molecule has 1 fully saturated rings. The molecule has 0 saturated carbocycles. The summed E-state index contributed by atoms with van der Waals surface area (Å²) in [5.41, 5.74) is -1.44. The van der Waals surface area contributed by atoms with Gasteiger partial charge in [0.25, 0.3) is 0 Å². The number of alkyl halides is 3. The fourth-order valence-corrected chi connectivity index (χ4v) is 6.74. The number of likely N-dealkylation sites (tertiary alicyclic amines) is 1. The molecule has 8 heteroatoms. The largest absolute Gasteiger partial charge is 0.534 e. The summed E-state index contributed by atoms with van der Waals surface area (Å²) in [5.74, 6) is -0.308. The molecule has 0 N–H and O–H groups in total. The van der Waals surface area contributed by atoms with Gasteiger partial charge in [0.2, 0.25) is 0 Å². The van der Waals surface area contributed by atoms with E-state index in [1.54, 1.807) is 6.07 Å². The fourth-order valence-electron chi connectivity index (χ4n) is 6.29. The molecule has 0 radical (unpaired) electrons. The molecule has 2 atom stereocenters. The summed E-state index contributed by atoms with van der Waals surface area (Å²) in [5, 5.41) is 0. The van der Waals surface area contributed by atoms with Crippen LogP contribution in [0.2, 0.25) is 0 Å². The zero-order valence-electron chi connectivity index (χ0n) is 20.7. The molecular weight excluding hydrogens is 499 g/mol. The number of rotatable bonds is 6. The molecule has 2 aliphatic rings. The maximum atomic E-state index is 13.0. The Bertz CT molecular complexity index is 1380. The lowest BCUT2D eigenvalue weighted by Gasteiger charge is -2.58. The predicted molar refractivity (Wildman–Crippen MR) is 137 cm³/mol. The highest BCUT2D eigenvalue weighted by molar-refractivity contribution is 7.88. The van der Waals surface area contributed by atoms with Gasteiger partial charge in [0.1, 0.15) is 5.75 Å². The Hall–Kier alpha value is -2.84. The summed E-state index contributed by atoms with van der Waals surface area (Å²) in [4.78, 5) is 2.48. The number of hydrogen-bond acceptors (Lipinski definition) is 4. The van der Waals surface area contributed by atoms with E-state index in [2.05, 4.69) is 40.3 Å². The lowest BCUT2D eigenvalue weighted by atomic mass is 9.50. The average molecular weight is 530 g/mol. The molecule has 196 valence electrons. The fraction of sp³-hybridized carbons (Fsp3) is 0.379. The van der Waals surface area contributed by atoms with Crippen LogP contribution in [0.5, 0.6) is 5.75 Å². The normalized spacial score (nSPS) is 24.2. The monoisotopic (exact) mass is 529 g/mol. The van der Waals surface area contributed by atoms with Crippen molar-refractivity contribution in [1.82, 2.24) is 4.90 Å². The molecular formula is C29H30F3NO3S. The van der Waals surface area contributed by atoms with Crippen molar-refractivity contribution in [2.45, 2.75) is 43.5 Å². The Morgan fingerprint density at radius 1 is 0.919 bits per heavy atom. The average Bonchev–Trinajstić information content (AvgIpc) is 2.85. The number of fused-ring (bicyclic) bond motifs is 2. The number of halogens is 3.